The minimum absolute atomic E-state index is 0.450. The molecule has 0 radical (unpaired) electrons. The molecule has 0 fully saturated rings. The van der Waals surface area contributed by atoms with Gasteiger partial charge in [-0.3, -0.25) is 4.68 Å². The van der Waals surface area contributed by atoms with Crippen molar-refractivity contribution in [3.05, 3.63) is 41.2 Å². The second-order valence-corrected chi connectivity index (χ2v) is 4.71. The lowest BCUT2D eigenvalue weighted by molar-refractivity contribution is 0.460. The van der Waals surface area contributed by atoms with Gasteiger partial charge in [-0.1, -0.05) is 18.1 Å². The quantitative estimate of drug-likeness (QED) is 0.781. The van der Waals surface area contributed by atoms with Crippen LogP contribution in [0.25, 0.3) is 11.0 Å². The number of rotatable bonds is 3. The smallest absolute Gasteiger partial charge is 0.175 e. The fraction of sp³-hybridized carbons (Fsp3) is 0.286. The van der Waals surface area contributed by atoms with Gasteiger partial charge in [0.15, 0.2) is 11.4 Å². The zero-order valence-electron chi connectivity index (χ0n) is 11.1. The highest BCUT2D eigenvalue weighted by molar-refractivity contribution is 5.90. The Labute approximate surface area is 111 Å². The van der Waals surface area contributed by atoms with Gasteiger partial charge in [-0.15, -0.1) is 0 Å². The standard InChI is InChI=1S/C14H16N4O/c1-3-11-4-5-18(16-11)8-10-6-9(2)13-12(7-10)19-17-14(13)15/h4-7H,3,8H2,1-2H3,(H2,15,17). The first kappa shape index (κ1) is 11.8. The third kappa shape index (κ3) is 2.07. The van der Waals surface area contributed by atoms with Crippen molar-refractivity contribution >= 4 is 16.8 Å². The van der Waals surface area contributed by atoms with Gasteiger partial charge >= 0.3 is 0 Å². The van der Waals surface area contributed by atoms with E-state index in [4.69, 9.17) is 10.3 Å². The van der Waals surface area contributed by atoms with Crippen LogP contribution in [0.2, 0.25) is 0 Å². The maximum atomic E-state index is 5.78. The van der Waals surface area contributed by atoms with Gasteiger partial charge in [0.25, 0.3) is 0 Å². The molecule has 19 heavy (non-hydrogen) atoms. The van der Waals surface area contributed by atoms with Crippen molar-refractivity contribution in [2.24, 2.45) is 0 Å². The summed E-state index contributed by atoms with van der Waals surface area (Å²) in [6, 6.07) is 6.11. The van der Waals surface area contributed by atoms with Gasteiger partial charge in [-0.25, -0.2) is 0 Å². The maximum absolute atomic E-state index is 5.78. The second-order valence-electron chi connectivity index (χ2n) is 4.71. The Kier molecular flexibility index (Phi) is 2.74. The molecule has 3 rings (SSSR count). The molecule has 0 aliphatic heterocycles. The first-order valence-corrected chi connectivity index (χ1v) is 6.34. The number of anilines is 1. The molecule has 2 N–H and O–H groups in total. The van der Waals surface area contributed by atoms with E-state index in [9.17, 15) is 0 Å². The van der Waals surface area contributed by atoms with E-state index >= 15 is 0 Å². The highest BCUT2D eigenvalue weighted by Gasteiger charge is 2.10. The normalized spacial score (nSPS) is 11.3. The average molecular weight is 256 g/mol. The number of aromatic nitrogens is 3. The van der Waals surface area contributed by atoms with E-state index < -0.39 is 0 Å². The number of hydrogen-bond acceptors (Lipinski definition) is 4. The number of nitrogen functional groups attached to an aromatic ring is 1. The SMILES string of the molecule is CCc1ccn(Cc2cc(C)c3c(N)noc3c2)n1. The van der Waals surface area contributed by atoms with Crippen molar-refractivity contribution in [2.75, 3.05) is 5.73 Å². The van der Waals surface area contributed by atoms with Gasteiger partial charge in [0.05, 0.1) is 17.6 Å². The Bertz CT molecular complexity index is 726. The topological polar surface area (TPSA) is 69.9 Å². The minimum Gasteiger partial charge on any atom is -0.380 e. The van der Waals surface area contributed by atoms with Gasteiger partial charge in [0.2, 0.25) is 0 Å². The maximum Gasteiger partial charge on any atom is 0.175 e. The average Bonchev–Trinajstić information content (AvgIpc) is 2.97. The fourth-order valence-electron chi connectivity index (χ4n) is 2.33. The Morgan fingerprint density at radius 3 is 2.95 bits per heavy atom. The van der Waals surface area contributed by atoms with Crippen molar-refractivity contribution in [3.63, 3.8) is 0 Å². The summed E-state index contributed by atoms with van der Waals surface area (Å²) in [7, 11) is 0. The van der Waals surface area contributed by atoms with E-state index in [0.29, 0.717) is 5.82 Å². The summed E-state index contributed by atoms with van der Waals surface area (Å²) in [6.45, 7) is 4.83. The van der Waals surface area contributed by atoms with Gasteiger partial charge < -0.3 is 10.3 Å². The molecular weight excluding hydrogens is 240 g/mol. The summed E-state index contributed by atoms with van der Waals surface area (Å²) in [5.41, 5.74) is 9.82. The third-order valence-electron chi connectivity index (χ3n) is 3.26. The lowest BCUT2D eigenvalue weighted by atomic mass is 10.1. The van der Waals surface area contributed by atoms with Gasteiger partial charge in [0.1, 0.15) is 0 Å². The van der Waals surface area contributed by atoms with Gasteiger partial charge in [0, 0.05) is 6.20 Å². The van der Waals surface area contributed by atoms with Crippen molar-refractivity contribution in [3.8, 4) is 0 Å². The summed E-state index contributed by atoms with van der Waals surface area (Å²) in [5, 5.41) is 9.19. The number of benzene rings is 1. The van der Waals surface area contributed by atoms with E-state index in [0.717, 1.165) is 40.8 Å². The molecule has 0 saturated carbocycles. The third-order valence-corrected chi connectivity index (χ3v) is 3.26. The first-order valence-electron chi connectivity index (χ1n) is 6.34. The molecule has 0 spiro atoms. The van der Waals surface area contributed by atoms with E-state index in [2.05, 4.69) is 23.2 Å². The van der Waals surface area contributed by atoms with Gasteiger partial charge in [-0.2, -0.15) is 5.10 Å². The molecule has 0 aliphatic rings. The summed E-state index contributed by atoms with van der Waals surface area (Å²) in [6.07, 6.45) is 2.94. The molecule has 2 heterocycles. The van der Waals surface area contributed by atoms with E-state index in [1.165, 1.54) is 0 Å². The minimum atomic E-state index is 0.450. The lowest BCUT2D eigenvalue weighted by Gasteiger charge is -2.04. The number of hydrogen-bond donors (Lipinski definition) is 1. The summed E-state index contributed by atoms with van der Waals surface area (Å²) >= 11 is 0. The van der Waals surface area contributed by atoms with Crippen LogP contribution in [0.1, 0.15) is 23.7 Å². The molecule has 0 aliphatic carbocycles. The van der Waals surface area contributed by atoms with Crippen LogP contribution in [0.4, 0.5) is 5.82 Å². The van der Waals surface area contributed by atoms with Crippen LogP contribution in [-0.4, -0.2) is 14.9 Å². The highest BCUT2D eigenvalue weighted by Crippen LogP contribution is 2.25. The molecule has 5 nitrogen and oxygen atoms in total. The predicted molar refractivity (Wildman–Crippen MR) is 73.9 cm³/mol. The number of fused-ring (bicyclic) bond motifs is 1. The van der Waals surface area contributed by atoms with Crippen LogP contribution in [0.3, 0.4) is 0 Å². The predicted octanol–water partition coefficient (Wildman–Crippen LogP) is 2.53. The van der Waals surface area contributed by atoms with E-state index in [-0.39, 0.29) is 0 Å². The Morgan fingerprint density at radius 2 is 2.21 bits per heavy atom. The number of nitrogens with zero attached hydrogens (tertiary/aromatic N) is 3. The lowest BCUT2D eigenvalue weighted by Crippen LogP contribution is -2.01. The van der Waals surface area contributed by atoms with Gasteiger partial charge in [-0.05, 0) is 36.6 Å². The van der Waals surface area contributed by atoms with Crippen molar-refractivity contribution in [1.29, 1.82) is 0 Å². The molecule has 1 aromatic carbocycles. The fourth-order valence-corrected chi connectivity index (χ4v) is 2.33. The molecule has 0 saturated heterocycles. The van der Waals surface area contributed by atoms with Crippen molar-refractivity contribution in [1.82, 2.24) is 14.9 Å². The van der Waals surface area contributed by atoms with Crippen LogP contribution < -0.4 is 5.73 Å². The first-order chi connectivity index (χ1) is 9.17. The zero-order chi connectivity index (χ0) is 13.4. The molecule has 3 aromatic rings. The van der Waals surface area contributed by atoms with E-state index in [1.54, 1.807) is 0 Å². The molecule has 0 atom stereocenters. The molecule has 2 aromatic heterocycles. The van der Waals surface area contributed by atoms with Crippen LogP contribution in [-0.2, 0) is 13.0 Å². The van der Waals surface area contributed by atoms with E-state index in [1.807, 2.05) is 29.9 Å². The van der Waals surface area contributed by atoms with Crippen LogP contribution in [0.5, 0.6) is 0 Å². The largest absolute Gasteiger partial charge is 0.380 e. The highest BCUT2D eigenvalue weighted by atomic mass is 16.5. The summed E-state index contributed by atoms with van der Waals surface area (Å²) in [5.74, 6) is 0.450. The van der Waals surface area contributed by atoms with Crippen molar-refractivity contribution < 1.29 is 4.52 Å². The molecule has 0 unspecified atom stereocenters. The monoisotopic (exact) mass is 256 g/mol. The second kappa shape index (κ2) is 4.42. The molecule has 98 valence electrons. The molecular formula is C14H16N4O. The summed E-state index contributed by atoms with van der Waals surface area (Å²) < 4.78 is 7.16. The Balaban J connectivity index is 1.97. The Hall–Kier alpha value is -2.30. The Morgan fingerprint density at radius 1 is 1.37 bits per heavy atom. The number of aryl methyl sites for hydroxylation is 2. The summed E-state index contributed by atoms with van der Waals surface area (Å²) in [4.78, 5) is 0. The van der Waals surface area contributed by atoms with Crippen LogP contribution in [0.15, 0.2) is 28.9 Å². The van der Waals surface area contributed by atoms with Crippen LogP contribution in [0, 0.1) is 6.92 Å². The van der Waals surface area contributed by atoms with Crippen molar-refractivity contribution in [2.45, 2.75) is 26.8 Å². The number of nitrogens with two attached hydrogens (primary N) is 1. The zero-order valence-corrected chi connectivity index (χ0v) is 11.1. The molecule has 0 bridgehead atoms. The molecule has 5 heteroatoms. The molecule has 0 amide bonds. The van der Waals surface area contributed by atoms with Crippen LogP contribution >= 0.6 is 0 Å².